The molecule has 0 saturated carbocycles. The van der Waals surface area contributed by atoms with Gasteiger partial charge in [-0.2, -0.15) is 5.10 Å². The van der Waals surface area contributed by atoms with Gasteiger partial charge in [0.15, 0.2) is 0 Å². The Hall–Kier alpha value is -1.18. The lowest BCUT2D eigenvalue weighted by Crippen LogP contribution is -2.36. The number of fused-ring (bicyclic) bond motifs is 1. The van der Waals surface area contributed by atoms with Crippen LogP contribution in [0.5, 0.6) is 0 Å². The average molecular weight is 270 g/mol. The summed E-state index contributed by atoms with van der Waals surface area (Å²) in [6, 6.07) is 0. The molecule has 1 aromatic rings. The van der Waals surface area contributed by atoms with E-state index in [1.807, 2.05) is 0 Å². The second-order valence-electron chi connectivity index (χ2n) is 4.84. The molecule has 0 saturated heterocycles. The van der Waals surface area contributed by atoms with E-state index >= 15 is 0 Å². The van der Waals surface area contributed by atoms with Crippen LogP contribution in [0.1, 0.15) is 18.7 Å². The summed E-state index contributed by atoms with van der Waals surface area (Å²) in [4.78, 5) is 12.0. The smallest absolute Gasteiger partial charge is 0.346 e. The maximum absolute atomic E-state index is 12.0. The zero-order valence-corrected chi connectivity index (χ0v) is 11.3. The number of rotatable bonds is 7. The molecule has 0 aliphatic carbocycles. The van der Waals surface area contributed by atoms with Crippen molar-refractivity contribution in [2.45, 2.75) is 38.5 Å². The van der Waals surface area contributed by atoms with E-state index < -0.39 is 6.10 Å². The molecular weight excluding hydrogens is 248 g/mol. The average Bonchev–Trinajstić information content (AvgIpc) is 2.72. The summed E-state index contributed by atoms with van der Waals surface area (Å²) in [6.45, 7) is 2.70. The Morgan fingerprint density at radius 2 is 2.37 bits per heavy atom. The van der Waals surface area contributed by atoms with Crippen molar-refractivity contribution in [1.29, 1.82) is 0 Å². The molecule has 1 unspecified atom stereocenters. The number of nitrogens with one attached hydrogen (secondary N) is 1. The second-order valence-corrected chi connectivity index (χ2v) is 4.84. The van der Waals surface area contributed by atoms with Gasteiger partial charge in [0.25, 0.3) is 0 Å². The third kappa shape index (κ3) is 3.65. The van der Waals surface area contributed by atoms with Crippen molar-refractivity contribution in [1.82, 2.24) is 19.7 Å². The largest absolute Gasteiger partial charge is 0.390 e. The van der Waals surface area contributed by atoms with Gasteiger partial charge < -0.3 is 15.2 Å². The van der Waals surface area contributed by atoms with Gasteiger partial charge in [0, 0.05) is 33.2 Å². The molecule has 7 heteroatoms. The third-order valence-corrected chi connectivity index (χ3v) is 3.28. The van der Waals surface area contributed by atoms with E-state index in [1.165, 1.54) is 4.68 Å². The van der Waals surface area contributed by atoms with E-state index in [0.717, 1.165) is 31.6 Å². The predicted molar refractivity (Wildman–Crippen MR) is 70.2 cm³/mol. The zero-order chi connectivity index (χ0) is 13.7. The number of hydrogen-bond acceptors (Lipinski definition) is 5. The minimum atomic E-state index is -0.619. The van der Waals surface area contributed by atoms with Gasteiger partial charge in [0.2, 0.25) is 0 Å². The first-order valence-electron chi connectivity index (χ1n) is 6.76. The normalized spacial score (nSPS) is 16.3. The monoisotopic (exact) mass is 270 g/mol. The Kier molecular flexibility index (Phi) is 5.12. The molecule has 2 heterocycles. The van der Waals surface area contributed by atoms with Crippen LogP contribution in [0.25, 0.3) is 0 Å². The first-order valence-corrected chi connectivity index (χ1v) is 6.76. The van der Waals surface area contributed by atoms with E-state index in [2.05, 4.69) is 10.4 Å². The lowest BCUT2D eigenvalue weighted by Gasteiger charge is -2.10. The first kappa shape index (κ1) is 14.2. The summed E-state index contributed by atoms with van der Waals surface area (Å²) < 4.78 is 8.00. The Labute approximate surface area is 112 Å². The van der Waals surface area contributed by atoms with E-state index in [-0.39, 0.29) is 12.2 Å². The van der Waals surface area contributed by atoms with Crippen LogP contribution in [0.3, 0.4) is 0 Å². The zero-order valence-electron chi connectivity index (χ0n) is 11.3. The first-order chi connectivity index (χ1) is 9.22. The van der Waals surface area contributed by atoms with Crippen LogP contribution in [-0.4, -0.2) is 52.4 Å². The molecule has 1 aliphatic heterocycles. The molecule has 0 fully saturated rings. The standard InChI is InChI=1S/C12H22N4O3/c1-19-7-5-13-8-10(17)9-16-12(18)15-6-3-2-4-11(15)14-16/h10,13,17H,2-9H2,1H3. The summed E-state index contributed by atoms with van der Waals surface area (Å²) in [5.74, 6) is 0.843. The van der Waals surface area contributed by atoms with Crippen LogP contribution in [0, 0.1) is 0 Å². The van der Waals surface area contributed by atoms with Crippen LogP contribution in [-0.2, 0) is 24.2 Å². The number of aliphatic hydroxyl groups excluding tert-OH is 1. The van der Waals surface area contributed by atoms with Crippen LogP contribution in [0.4, 0.5) is 0 Å². The summed E-state index contributed by atoms with van der Waals surface area (Å²) in [6.07, 6.45) is 2.34. The Bertz CT molecular complexity index is 454. The van der Waals surface area contributed by atoms with E-state index in [1.54, 1.807) is 11.7 Å². The van der Waals surface area contributed by atoms with Crippen molar-refractivity contribution in [3.8, 4) is 0 Å². The van der Waals surface area contributed by atoms with E-state index in [4.69, 9.17) is 4.74 Å². The molecule has 2 rings (SSSR count). The number of methoxy groups -OCH3 is 1. The van der Waals surface area contributed by atoms with Gasteiger partial charge in [-0.15, -0.1) is 0 Å². The van der Waals surface area contributed by atoms with Crippen LogP contribution in [0.2, 0.25) is 0 Å². The van der Waals surface area contributed by atoms with Gasteiger partial charge in [0.05, 0.1) is 19.3 Å². The highest BCUT2D eigenvalue weighted by Gasteiger charge is 2.18. The number of nitrogens with zero attached hydrogens (tertiary/aromatic N) is 3. The van der Waals surface area contributed by atoms with Crippen molar-refractivity contribution >= 4 is 0 Å². The molecule has 2 N–H and O–H groups in total. The number of hydrogen-bond donors (Lipinski definition) is 2. The summed E-state index contributed by atoms with van der Waals surface area (Å²) in [7, 11) is 1.63. The summed E-state index contributed by atoms with van der Waals surface area (Å²) >= 11 is 0. The van der Waals surface area contributed by atoms with Gasteiger partial charge >= 0.3 is 5.69 Å². The van der Waals surface area contributed by atoms with Crippen LogP contribution < -0.4 is 11.0 Å². The fraction of sp³-hybridized carbons (Fsp3) is 0.833. The molecule has 0 spiro atoms. The summed E-state index contributed by atoms with van der Waals surface area (Å²) in [5.41, 5.74) is -0.106. The molecular formula is C12H22N4O3. The molecule has 0 bridgehead atoms. The molecule has 1 aromatic heterocycles. The predicted octanol–water partition coefficient (Wildman–Crippen LogP) is -1.02. The van der Waals surface area contributed by atoms with Crippen molar-refractivity contribution in [2.75, 3.05) is 26.8 Å². The highest BCUT2D eigenvalue weighted by atomic mass is 16.5. The quantitative estimate of drug-likeness (QED) is 0.620. The van der Waals surface area contributed by atoms with Crippen molar-refractivity contribution in [3.63, 3.8) is 0 Å². The van der Waals surface area contributed by atoms with Gasteiger partial charge in [-0.3, -0.25) is 4.57 Å². The maximum Gasteiger partial charge on any atom is 0.346 e. The molecule has 7 nitrogen and oxygen atoms in total. The lowest BCUT2D eigenvalue weighted by molar-refractivity contribution is 0.138. The fourth-order valence-corrected chi connectivity index (χ4v) is 2.27. The minimum Gasteiger partial charge on any atom is -0.390 e. The topological polar surface area (TPSA) is 81.3 Å². The number of aromatic nitrogens is 3. The molecule has 0 amide bonds. The number of aryl methyl sites for hydroxylation is 1. The van der Waals surface area contributed by atoms with E-state index in [0.29, 0.717) is 19.7 Å². The maximum atomic E-state index is 12.0. The molecule has 0 aromatic carbocycles. The molecule has 0 radical (unpaired) electrons. The van der Waals surface area contributed by atoms with Crippen molar-refractivity contribution in [3.05, 3.63) is 16.3 Å². The lowest BCUT2D eigenvalue weighted by atomic mass is 10.2. The molecule has 1 aliphatic rings. The minimum absolute atomic E-state index is 0.106. The highest BCUT2D eigenvalue weighted by Crippen LogP contribution is 2.09. The summed E-state index contributed by atoms with van der Waals surface area (Å²) in [5, 5.41) is 17.2. The Balaban J connectivity index is 1.88. The molecule has 108 valence electrons. The molecule has 1 atom stereocenters. The van der Waals surface area contributed by atoms with Crippen LogP contribution >= 0.6 is 0 Å². The Morgan fingerprint density at radius 1 is 1.53 bits per heavy atom. The fourth-order valence-electron chi connectivity index (χ4n) is 2.27. The third-order valence-electron chi connectivity index (χ3n) is 3.28. The van der Waals surface area contributed by atoms with Crippen LogP contribution in [0.15, 0.2) is 4.79 Å². The highest BCUT2D eigenvalue weighted by molar-refractivity contribution is 4.91. The van der Waals surface area contributed by atoms with Gasteiger partial charge in [-0.1, -0.05) is 0 Å². The van der Waals surface area contributed by atoms with Crippen molar-refractivity contribution in [2.24, 2.45) is 0 Å². The number of aliphatic hydroxyl groups is 1. The number of ether oxygens (including phenoxy) is 1. The van der Waals surface area contributed by atoms with E-state index in [9.17, 15) is 9.90 Å². The van der Waals surface area contributed by atoms with Crippen molar-refractivity contribution < 1.29 is 9.84 Å². The van der Waals surface area contributed by atoms with Gasteiger partial charge in [0.1, 0.15) is 5.82 Å². The molecule has 19 heavy (non-hydrogen) atoms. The SMILES string of the molecule is COCCNCC(O)Cn1nc2n(c1=O)CCCC2. The van der Waals surface area contributed by atoms with Gasteiger partial charge in [-0.25, -0.2) is 9.48 Å². The Morgan fingerprint density at radius 3 is 3.11 bits per heavy atom. The second kappa shape index (κ2) is 6.83. The van der Waals surface area contributed by atoms with Gasteiger partial charge in [-0.05, 0) is 12.8 Å².